The number of unbranched alkanes of at least 4 members (excludes halogenated alkanes) is 20. The molecule has 1 aliphatic heterocycles. The molecule has 2 unspecified atom stereocenters. The van der Waals surface area contributed by atoms with Gasteiger partial charge in [-0.15, -0.1) is 0 Å². The third-order valence-electron chi connectivity index (χ3n) is 11.3. The Morgan fingerprint density at radius 2 is 0.983 bits per heavy atom. The fourth-order valence-corrected chi connectivity index (χ4v) is 7.38. The number of allylic oxidation sites excluding steroid dienone is 10. The summed E-state index contributed by atoms with van der Waals surface area (Å²) in [4.78, 5) is 13.0. The molecule has 6 N–H and O–H groups in total. The van der Waals surface area contributed by atoms with E-state index < -0.39 is 49.5 Å². The highest BCUT2D eigenvalue weighted by molar-refractivity contribution is 5.76. The quantitative estimate of drug-likeness (QED) is 0.0264. The lowest BCUT2D eigenvalue weighted by atomic mass is 9.99. The van der Waals surface area contributed by atoms with Crippen LogP contribution in [0, 0.1) is 0 Å². The number of hydrogen-bond acceptors (Lipinski definition) is 8. The number of hydrogen-bond donors (Lipinski definition) is 6. The van der Waals surface area contributed by atoms with Gasteiger partial charge in [0.25, 0.3) is 0 Å². The molecular formula is C51H91NO8. The average Bonchev–Trinajstić information content (AvgIpc) is 3.25. The van der Waals surface area contributed by atoms with Gasteiger partial charge in [0.15, 0.2) is 6.29 Å². The molecule has 1 fully saturated rings. The van der Waals surface area contributed by atoms with Crippen LogP contribution in [-0.2, 0) is 14.3 Å². The van der Waals surface area contributed by atoms with Crippen molar-refractivity contribution in [3.63, 3.8) is 0 Å². The smallest absolute Gasteiger partial charge is 0.220 e. The number of carbonyl (C=O) groups excluding carboxylic acids is 1. The molecule has 348 valence electrons. The first-order valence-electron chi connectivity index (χ1n) is 24.5. The number of nitrogens with one attached hydrogen (secondary N) is 1. The fraction of sp³-hybridized carbons (Fsp3) is 0.784. The van der Waals surface area contributed by atoms with Gasteiger partial charge in [0, 0.05) is 6.42 Å². The molecule has 9 heteroatoms. The third kappa shape index (κ3) is 30.8. The van der Waals surface area contributed by atoms with Gasteiger partial charge in [-0.05, 0) is 77.0 Å². The van der Waals surface area contributed by atoms with Crippen molar-refractivity contribution in [2.75, 3.05) is 13.2 Å². The number of rotatable bonds is 40. The topological polar surface area (TPSA) is 149 Å². The van der Waals surface area contributed by atoms with Crippen molar-refractivity contribution in [2.24, 2.45) is 0 Å². The highest BCUT2D eigenvalue weighted by Crippen LogP contribution is 2.23. The summed E-state index contributed by atoms with van der Waals surface area (Å²) >= 11 is 0. The highest BCUT2D eigenvalue weighted by Gasteiger charge is 2.44. The third-order valence-corrected chi connectivity index (χ3v) is 11.3. The van der Waals surface area contributed by atoms with E-state index in [0.29, 0.717) is 12.8 Å². The number of ether oxygens (including phenoxy) is 2. The molecule has 0 aromatic heterocycles. The minimum atomic E-state index is -1.57. The van der Waals surface area contributed by atoms with E-state index in [1.165, 1.54) is 116 Å². The second-order valence-corrected chi connectivity index (χ2v) is 16.9. The van der Waals surface area contributed by atoms with Gasteiger partial charge in [0.05, 0.1) is 25.4 Å². The van der Waals surface area contributed by atoms with E-state index in [-0.39, 0.29) is 18.9 Å². The highest BCUT2D eigenvalue weighted by atomic mass is 16.7. The second-order valence-electron chi connectivity index (χ2n) is 16.9. The Morgan fingerprint density at radius 1 is 0.567 bits per heavy atom. The molecule has 60 heavy (non-hydrogen) atoms. The molecule has 9 nitrogen and oxygen atoms in total. The van der Waals surface area contributed by atoms with Crippen LogP contribution in [0.1, 0.15) is 200 Å². The zero-order valence-electron chi connectivity index (χ0n) is 38.2. The summed E-state index contributed by atoms with van der Waals surface area (Å²) in [5.41, 5.74) is 0. The summed E-state index contributed by atoms with van der Waals surface area (Å²) < 4.78 is 11.2. The predicted octanol–water partition coefficient (Wildman–Crippen LogP) is 10.8. The van der Waals surface area contributed by atoms with E-state index in [9.17, 15) is 30.3 Å². The molecule has 1 heterocycles. The average molecular weight is 846 g/mol. The number of aliphatic hydroxyl groups excluding tert-OH is 5. The van der Waals surface area contributed by atoms with Gasteiger partial charge >= 0.3 is 0 Å². The minimum absolute atomic E-state index is 0.175. The summed E-state index contributed by atoms with van der Waals surface area (Å²) in [5, 5.41) is 54.3. The van der Waals surface area contributed by atoms with Gasteiger partial charge < -0.3 is 40.3 Å². The zero-order chi connectivity index (χ0) is 43.7. The van der Waals surface area contributed by atoms with Crippen LogP contribution < -0.4 is 5.32 Å². The summed E-state index contributed by atoms with van der Waals surface area (Å²) in [5.74, 6) is -0.209. The van der Waals surface area contributed by atoms with E-state index in [1.807, 2.05) is 0 Å². The van der Waals surface area contributed by atoms with Gasteiger partial charge in [0.1, 0.15) is 24.4 Å². The molecule has 1 aliphatic rings. The Labute approximate surface area is 366 Å². The Morgan fingerprint density at radius 3 is 1.47 bits per heavy atom. The van der Waals surface area contributed by atoms with Crippen molar-refractivity contribution in [1.29, 1.82) is 0 Å². The Bertz CT molecular complexity index is 1120. The Hall–Kier alpha value is -2.11. The standard InChI is InChI=1S/C51H91NO8/c1-3-5-7-9-11-13-15-17-19-21-22-23-24-25-27-29-31-33-35-37-39-41-47(55)52-44(43-59-51-50(58)49(57)48(56)46(42-53)60-51)45(54)40-38-36-34-32-30-28-26-20-18-16-14-12-10-8-6-4-2/h19,21,23-24,27,29-30,32-33,35,44-46,48-51,53-54,56-58H,3-18,20,22,25-26,28,31,34,36-43H2,1-2H3,(H,52,55)/b21-19+,24-23+,29-27+,32-30+,35-33+/t44-,45+,46-,48-,49?,50?,51-/m0/s1. The maximum atomic E-state index is 13.0. The van der Waals surface area contributed by atoms with Gasteiger partial charge in [-0.3, -0.25) is 4.79 Å². The SMILES string of the molecule is CCCCCCCCC/C=C/C/C=C/C/C=C/C/C=C/CCCC(=O)N[C@@H](CO[C@H]1O[C@@H](CO)[C@H](O)C(O)C1O)[C@H](O)CCCC/C=C/CCCCCCCCCCCC. The molecule has 0 aromatic rings. The number of aliphatic hydroxyl groups is 5. The Balaban J connectivity index is 2.38. The molecule has 0 spiro atoms. The van der Waals surface area contributed by atoms with Crippen molar-refractivity contribution in [3.8, 4) is 0 Å². The molecule has 0 aliphatic carbocycles. The molecule has 0 bridgehead atoms. The van der Waals surface area contributed by atoms with E-state index >= 15 is 0 Å². The second kappa shape index (κ2) is 40.9. The molecule has 0 radical (unpaired) electrons. The van der Waals surface area contributed by atoms with Gasteiger partial charge in [0.2, 0.25) is 5.91 Å². The van der Waals surface area contributed by atoms with Gasteiger partial charge in [-0.2, -0.15) is 0 Å². The van der Waals surface area contributed by atoms with Crippen LogP contribution in [0.3, 0.4) is 0 Å². The molecule has 1 amide bonds. The van der Waals surface area contributed by atoms with Crippen molar-refractivity contribution in [3.05, 3.63) is 60.8 Å². The lowest BCUT2D eigenvalue weighted by Gasteiger charge is -2.40. The van der Waals surface area contributed by atoms with E-state index in [1.54, 1.807) is 0 Å². The lowest BCUT2D eigenvalue weighted by molar-refractivity contribution is -0.302. The monoisotopic (exact) mass is 846 g/mol. The van der Waals surface area contributed by atoms with Crippen molar-refractivity contribution in [1.82, 2.24) is 5.32 Å². The van der Waals surface area contributed by atoms with Crippen molar-refractivity contribution >= 4 is 5.91 Å². The number of carbonyl (C=O) groups is 1. The van der Waals surface area contributed by atoms with Crippen LogP contribution in [0.4, 0.5) is 0 Å². The van der Waals surface area contributed by atoms with Gasteiger partial charge in [-0.1, -0.05) is 177 Å². The van der Waals surface area contributed by atoms with Crippen LogP contribution in [-0.4, -0.2) is 87.5 Å². The largest absolute Gasteiger partial charge is 0.394 e. The van der Waals surface area contributed by atoms with Crippen molar-refractivity contribution < 1.29 is 39.8 Å². The molecule has 0 saturated carbocycles. The summed E-state index contributed by atoms with van der Waals surface area (Å²) in [6, 6.07) is -0.766. The van der Waals surface area contributed by atoms with Crippen LogP contribution in [0.15, 0.2) is 60.8 Å². The van der Waals surface area contributed by atoms with Crippen LogP contribution in [0.2, 0.25) is 0 Å². The summed E-state index contributed by atoms with van der Waals surface area (Å²) in [6.07, 6.45) is 46.7. The molecule has 1 rings (SSSR count). The van der Waals surface area contributed by atoms with Gasteiger partial charge in [-0.25, -0.2) is 0 Å². The maximum absolute atomic E-state index is 13.0. The first-order valence-corrected chi connectivity index (χ1v) is 24.5. The van der Waals surface area contributed by atoms with Crippen molar-refractivity contribution in [2.45, 2.75) is 243 Å². The summed E-state index contributed by atoms with van der Waals surface area (Å²) in [6.45, 7) is 3.78. The first kappa shape index (κ1) is 55.9. The van der Waals surface area contributed by atoms with Crippen LogP contribution in [0.25, 0.3) is 0 Å². The molecule has 0 aromatic carbocycles. The predicted molar refractivity (Wildman–Crippen MR) is 249 cm³/mol. The maximum Gasteiger partial charge on any atom is 0.220 e. The summed E-state index contributed by atoms with van der Waals surface area (Å²) in [7, 11) is 0. The zero-order valence-corrected chi connectivity index (χ0v) is 38.2. The van der Waals surface area contributed by atoms with Crippen LogP contribution >= 0.6 is 0 Å². The lowest BCUT2D eigenvalue weighted by Crippen LogP contribution is -2.60. The van der Waals surface area contributed by atoms with E-state index in [2.05, 4.69) is 79.9 Å². The fourth-order valence-electron chi connectivity index (χ4n) is 7.38. The first-order chi connectivity index (χ1) is 29.3. The molecule has 1 saturated heterocycles. The minimum Gasteiger partial charge on any atom is -0.394 e. The van der Waals surface area contributed by atoms with Crippen LogP contribution in [0.5, 0.6) is 0 Å². The van der Waals surface area contributed by atoms with E-state index in [0.717, 1.165) is 51.4 Å². The van der Waals surface area contributed by atoms with E-state index in [4.69, 9.17) is 9.47 Å². The molecule has 7 atom stereocenters. The normalized spacial score (nSPS) is 21.1. The number of amides is 1. The Kier molecular flexibility index (Phi) is 38.1. The molecular weight excluding hydrogens is 755 g/mol.